The molecule has 0 aliphatic heterocycles. The number of fused-ring (bicyclic) bond motifs is 3. The van der Waals surface area contributed by atoms with Gasteiger partial charge in [-0.3, -0.25) is 19.0 Å². The Balaban J connectivity index is 1.85. The van der Waals surface area contributed by atoms with Gasteiger partial charge in [-0.2, -0.15) is 0 Å². The van der Waals surface area contributed by atoms with E-state index in [0.717, 1.165) is 31.2 Å². The van der Waals surface area contributed by atoms with Crippen LogP contribution in [0.15, 0.2) is 41.5 Å². The molecule has 28 heavy (non-hydrogen) atoms. The van der Waals surface area contributed by atoms with Crippen LogP contribution in [-0.4, -0.2) is 28.4 Å². The van der Waals surface area contributed by atoms with Crippen molar-refractivity contribution in [1.82, 2.24) is 9.55 Å². The van der Waals surface area contributed by atoms with Crippen molar-refractivity contribution in [2.24, 2.45) is 0 Å². The van der Waals surface area contributed by atoms with Crippen molar-refractivity contribution in [3.63, 3.8) is 0 Å². The van der Waals surface area contributed by atoms with E-state index < -0.39 is 12.0 Å². The summed E-state index contributed by atoms with van der Waals surface area (Å²) in [6, 6.07) is 7.68. The summed E-state index contributed by atoms with van der Waals surface area (Å²) in [4.78, 5) is 44.8. The Morgan fingerprint density at radius 1 is 1.21 bits per heavy atom. The fraction of sp³-hybridized carbons (Fsp3) is 0.333. The molecule has 0 amide bonds. The lowest BCUT2D eigenvalue weighted by molar-refractivity contribution is -0.141. The molecule has 4 rings (SSSR count). The topological polar surface area (TPSA) is 78.3 Å². The van der Waals surface area contributed by atoms with Crippen LogP contribution in [-0.2, 0) is 22.4 Å². The summed E-state index contributed by atoms with van der Waals surface area (Å²) in [5.74, 6) is -0.855. The van der Waals surface area contributed by atoms with Gasteiger partial charge >= 0.3 is 5.97 Å². The van der Waals surface area contributed by atoms with Crippen LogP contribution in [0.2, 0.25) is 0 Å². The molecule has 0 fully saturated rings. The number of esters is 1. The van der Waals surface area contributed by atoms with E-state index in [-0.39, 0.29) is 17.8 Å². The fourth-order valence-corrected chi connectivity index (χ4v) is 4.95. The predicted molar refractivity (Wildman–Crippen MR) is 107 cm³/mol. The average molecular weight is 396 g/mol. The van der Waals surface area contributed by atoms with Crippen molar-refractivity contribution < 1.29 is 14.3 Å². The van der Waals surface area contributed by atoms with Gasteiger partial charge in [0.15, 0.2) is 5.78 Å². The summed E-state index contributed by atoms with van der Waals surface area (Å²) in [7, 11) is 1.27. The van der Waals surface area contributed by atoms with Crippen molar-refractivity contribution in [3.05, 3.63) is 63.0 Å². The van der Waals surface area contributed by atoms with E-state index in [2.05, 4.69) is 4.98 Å². The fourth-order valence-electron chi connectivity index (χ4n) is 3.73. The highest BCUT2D eigenvalue weighted by Crippen LogP contribution is 2.33. The number of thiophene rings is 1. The first kappa shape index (κ1) is 18.6. The van der Waals surface area contributed by atoms with Crippen molar-refractivity contribution in [2.75, 3.05) is 7.11 Å². The first-order valence-corrected chi connectivity index (χ1v) is 10.1. The summed E-state index contributed by atoms with van der Waals surface area (Å²) in [6.07, 6.45) is 5.15. The number of hydrogen-bond acceptors (Lipinski definition) is 6. The molecule has 3 aromatic rings. The molecular weight excluding hydrogens is 376 g/mol. The summed E-state index contributed by atoms with van der Waals surface area (Å²) in [5, 5.41) is 0.595. The smallest absolute Gasteiger partial charge is 0.308 e. The quantitative estimate of drug-likeness (QED) is 0.488. The Morgan fingerprint density at radius 2 is 1.96 bits per heavy atom. The maximum atomic E-state index is 13.3. The summed E-state index contributed by atoms with van der Waals surface area (Å²) >= 11 is 1.56. The van der Waals surface area contributed by atoms with Crippen molar-refractivity contribution in [3.8, 4) is 0 Å². The molecule has 0 radical (unpaired) electrons. The van der Waals surface area contributed by atoms with Gasteiger partial charge in [-0.15, -0.1) is 11.3 Å². The normalized spacial score (nSPS) is 14.5. The standard InChI is InChI=1S/C21H20N2O4S/c1-27-17(24)11-15(19(25)13-7-3-2-4-8-13)23-12-22-20-18(21(23)26)14-9-5-6-10-16(14)28-20/h2-4,7-8,12,15H,5-6,9-11H2,1H3. The number of ketones is 1. The maximum Gasteiger partial charge on any atom is 0.308 e. The molecule has 1 aliphatic rings. The molecule has 0 saturated heterocycles. The van der Waals surface area contributed by atoms with E-state index in [1.165, 1.54) is 22.9 Å². The minimum Gasteiger partial charge on any atom is -0.469 e. The number of carbonyl (C=O) groups is 2. The first-order chi connectivity index (χ1) is 13.6. The van der Waals surface area contributed by atoms with Crippen molar-refractivity contribution >= 4 is 33.3 Å². The number of aryl methyl sites for hydroxylation is 2. The molecule has 144 valence electrons. The van der Waals surface area contributed by atoms with Gasteiger partial charge in [0.2, 0.25) is 0 Å². The van der Waals surface area contributed by atoms with Gasteiger partial charge in [0.25, 0.3) is 5.56 Å². The molecule has 7 heteroatoms. The number of hydrogen-bond donors (Lipinski definition) is 0. The Kier molecular flexibility index (Phi) is 5.09. The number of nitrogens with zero attached hydrogens (tertiary/aromatic N) is 2. The number of ether oxygens (including phenoxy) is 1. The van der Waals surface area contributed by atoms with Crippen LogP contribution in [0, 0.1) is 0 Å². The van der Waals surface area contributed by atoms with Gasteiger partial charge in [0, 0.05) is 10.4 Å². The monoisotopic (exact) mass is 396 g/mol. The molecule has 1 aromatic carbocycles. The van der Waals surface area contributed by atoms with Crippen LogP contribution in [0.25, 0.3) is 10.2 Å². The predicted octanol–water partition coefficient (Wildman–Crippen LogP) is 3.32. The second kappa shape index (κ2) is 7.67. The maximum absolute atomic E-state index is 13.3. The van der Waals surface area contributed by atoms with Gasteiger partial charge in [0.05, 0.1) is 25.2 Å². The van der Waals surface area contributed by atoms with E-state index in [4.69, 9.17) is 4.74 Å². The lowest BCUT2D eigenvalue weighted by Crippen LogP contribution is -2.32. The Morgan fingerprint density at radius 3 is 2.71 bits per heavy atom. The van der Waals surface area contributed by atoms with E-state index in [9.17, 15) is 14.4 Å². The van der Waals surface area contributed by atoms with E-state index in [0.29, 0.717) is 15.8 Å². The number of Topliss-reactive ketones (excluding diaryl/α,β-unsaturated/α-hetero) is 1. The highest BCUT2D eigenvalue weighted by molar-refractivity contribution is 7.18. The van der Waals surface area contributed by atoms with E-state index in [1.807, 2.05) is 6.07 Å². The van der Waals surface area contributed by atoms with Crippen LogP contribution in [0.4, 0.5) is 0 Å². The molecular formula is C21H20N2O4S. The van der Waals surface area contributed by atoms with Crippen LogP contribution in [0.1, 0.15) is 46.1 Å². The number of benzene rings is 1. The Bertz CT molecular complexity index is 1100. The van der Waals surface area contributed by atoms with Crippen molar-refractivity contribution in [1.29, 1.82) is 0 Å². The van der Waals surface area contributed by atoms with Crippen LogP contribution in [0.3, 0.4) is 0 Å². The Hall–Kier alpha value is -2.80. The van der Waals surface area contributed by atoms with Crippen LogP contribution >= 0.6 is 11.3 Å². The number of carbonyl (C=O) groups excluding carboxylic acids is 2. The number of rotatable bonds is 5. The number of aromatic nitrogens is 2. The third-order valence-corrected chi connectivity index (χ3v) is 6.38. The molecule has 1 unspecified atom stereocenters. The minimum atomic E-state index is -0.988. The summed E-state index contributed by atoms with van der Waals surface area (Å²) < 4.78 is 6.07. The van der Waals surface area contributed by atoms with Gasteiger partial charge < -0.3 is 4.74 Å². The molecule has 0 N–H and O–H groups in total. The SMILES string of the molecule is COC(=O)CC(C(=O)c1ccccc1)n1cnc2sc3c(c2c1=O)CCCC3. The van der Waals surface area contributed by atoms with Gasteiger partial charge in [-0.1, -0.05) is 30.3 Å². The molecule has 2 heterocycles. The molecule has 0 saturated carbocycles. The third kappa shape index (κ3) is 3.26. The highest BCUT2D eigenvalue weighted by Gasteiger charge is 2.28. The lowest BCUT2D eigenvalue weighted by Gasteiger charge is -2.18. The first-order valence-electron chi connectivity index (χ1n) is 9.27. The summed E-state index contributed by atoms with van der Waals surface area (Å²) in [5.41, 5.74) is 1.24. The van der Waals surface area contributed by atoms with Crippen molar-refractivity contribution in [2.45, 2.75) is 38.1 Å². The second-order valence-corrected chi connectivity index (χ2v) is 7.96. The van der Waals surface area contributed by atoms with Gasteiger partial charge in [-0.05, 0) is 31.2 Å². The molecule has 0 spiro atoms. The molecule has 1 atom stereocenters. The largest absolute Gasteiger partial charge is 0.469 e. The summed E-state index contributed by atoms with van der Waals surface area (Å²) in [6.45, 7) is 0. The van der Waals surface area contributed by atoms with Crippen LogP contribution in [0.5, 0.6) is 0 Å². The zero-order valence-corrected chi connectivity index (χ0v) is 16.3. The zero-order chi connectivity index (χ0) is 19.7. The number of methoxy groups -OCH3 is 1. The molecule has 6 nitrogen and oxygen atoms in total. The molecule has 1 aliphatic carbocycles. The van der Waals surface area contributed by atoms with Crippen LogP contribution < -0.4 is 5.56 Å². The van der Waals surface area contributed by atoms with E-state index >= 15 is 0 Å². The molecule has 2 aromatic heterocycles. The average Bonchev–Trinajstić information content (AvgIpc) is 3.12. The Labute approximate surface area is 165 Å². The third-order valence-electron chi connectivity index (χ3n) is 5.18. The lowest BCUT2D eigenvalue weighted by atomic mass is 9.97. The second-order valence-electron chi connectivity index (χ2n) is 6.87. The highest BCUT2D eigenvalue weighted by atomic mass is 32.1. The van der Waals surface area contributed by atoms with Gasteiger partial charge in [-0.25, -0.2) is 4.98 Å². The zero-order valence-electron chi connectivity index (χ0n) is 15.5. The molecule has 0 bridgehead atoms. The van der Waals surface area contributed by atoms with Gasteiger partial charge in [0.1, 0.15) is 10.9 Å². The minimum absolute atomic E-state index is 0.219. The van der Waals surface area contributed by atoms with E-state index in [1.54, 1.807) is 35.6 Å².